The van der Waals surface area contributed by atoms with E-state index in [1.807, 2.05) is 4.57 Å². The molecule has 28 heavy (non-hydrogen) atoms. The predicted molar refractivity (Wildman–Crippen MR) is 108 cm³/mol. The molecule has 6 nitrogen and oxygen atoms in total. The highest BCUT2D eigenvalue weighted by molar-refractivity contribution is 5.73. The summed E-state index contributed by atoms with van der Waals surface area (Å²) in [7, 11) is 0. The highest BCUT2D eigenvalue weighted by atomic mass is 19.1. The molecule has 1 N–H and O–H groups in total. The molecule has 0 amide bonds. The van der Waals surface area contributed by atoms with Gasteiger partial charge < -0.3 is 5.32 Å². The SMILES string of the molecule is CCC[C@H](c1nc2ncc(F)cc2c(=O)n1CC1CC1)N1CCN[C@H](C)CC1. The van der Waals surface area contributed by atoms with Crippen molar-refractivity contribution < 1.29 is 4.39 Å². The van der Waals surface area contributed by atoms with Crippen LogP contribution >= 0.6 is 0 Å². The first-order valence-electron chi connectivity index (χ1n) is 10.6. The van der Waals surface area contributed by atoms with Crippen LogP contribution in [0, 0.1) is 11.7 Å². The molecular formula is C21H30FN5O. The fraction of sp³-hybridized carbons (Fsp3) is 0.667. The van der Waals surface area contributed by atoms with Crippen LogP contribution in [-0.4, -0.2) is 45.1 Å². The molecule has 7 heteroatoms. The number of rotatable bonds is 6. The summed E-state index contributed by atoms with van der Waals surface area (Å²) in [4.78, 5) is 24.7. The van der Waals surface area contributed by atoms with Gasteiger partial charge in [0, 0.05) is 32.2 Å². The third kappa shape index (κ3) is 4.10. The number of halogens is 1. The minimum absolute atomic E-state index is 0.0832. The first-order valence-corrected chi connectivity index (χ1v) is 10.6. The Morgan fingerprint density at radius 3 is 2.89 bits per heavy atom. The number of aromatic nitrogens is 3. The van der Waals surface area contributed by atoms with Crippen LogP contribution in [0.1, 0.15) is 57.8 Å². The lowest BCUT2D eigenvalue weighted by Gasteiger charge is -2.31. The van der Waals surface area contributed by atoms with Gasteiger partial charge in [-0.15, -0.1) is 0 Å². The smallest absolute Gasteiger partial charge is 0.263 e. The average molecular weight is 388 g/mol. The Morgan fingerprint density at radius 1 is 1.32 bits per heavy atom. The van der Waals surface area contributed by atoms with Gasteiger partial charge in [0.1, 0.15) is 11.6 Å². The summed E-state index contributed by atoms with van der Waals surface area (Å²) < 4.78 is 15.5. The summed E-state index contributed by atoms with van der Waals surface area (Å²) in [6.07, 6.45) is 6.47. The lowest BCUT2D eigenvalue weighted by Crippen LogP contribution is -2.37. The summed E-state index contributed by atoms with van der Waals surface area (Å²) in [6.45, 7) is 7.91. The van der Waals surface area contributed by atoms with Crippen LogP contribution in [0.4, 0.5) is 4.39 Å². The lowest BCUT2D eigenvalue weighted by molar-refractivity contribution is 0.183. The molecule has 0 bridgehead atoms. The van der Waals surface area contributed by atoms with E-state index in [9.17, 15) is 9.18 Å². The lowest BCUT2D eigenvalue weighted by atomic mass is 10.1. The normalized spacial score (nSPS) is 22.3. The van der Waals surface area contributed by atoms with Gasteiger partial charge in [-0.05, 0) is 44.6 Å². The van der Waals surface area contributed by atoms with Crippen molar-refractivity contribution in [2.75, 3.05) is 19.6 Å². The maximum Gasteiger partial charge on any atom is 0.263 e. The zero-order chi connectivity index (χ0) is 19.7. The highest BCUT2D eigenvalue weighted by Gasteiger charge is 2.30. The van der Waals surface area contributed by atoms with Crippen molar-refractivity contribution in [1.29, 1.82) is 0 Å². The van der Waals surface area contributed by atoms with E-state index >= 15 is 0 Å². The van der Waals surface area contributed by atoms with E-state index < -0.39 is 5.82 Å². The van der Waals surface area contributed by atoms with Gasteiger partial charge in [0.15, 0.2) is 5.65 Å². The second-order valence-electron chi connectivity index (χ2n) is 8.34. The zero-order valence-electron chi connectivity index (χ0n) is 16.8. The van der Waals surface area contributed by atoms with E-state index in [4.69, 9.17) is 4.98 Å². The molecule has 3 heterocycles. The van der Waals surface area contributed by atoms with Gasteiger partial charge in [0.05, 0.1) is 17.6 Å². The Balaban J connectivity index is 1.80. The van der Waals surface area contributed by atoms with Crippen molar-refractivity contribution in [1.82, 2.24) is 24.8 Å². The predicted octanol–water partition coefficient (Wildman–Crippen LogP) is 2.87. The fourth-order valence-corrected chi connectivity index (χ4v) is 4.17. The molecule has 1 aliphatic heterocycles. The molecule has 1 aliphatic carbocycles. The van der Waals surface area contributed by atoms with E-state index in [1.165, 1.54) is 6.07 Å². The maximum atomic E-state index is 13.7. The van der Waals surface area contributed by atoms with Crippen LogP contribution in [0.2, 0.25) is 0 Å². The number of hydrogen-bond donors (Lipinski definition) is 1. The van der Waals surface area contributed by atoms with Gasteiger partial charge in [-0.3, -0.25) is 14.3 Å². The second kappa shape index (κ2) is 8.25. The molecule has 1 saturated carbocycles. The molecule has 2 atom stereocenters. The number of nitrogens with zero attached hydrogens (tertiary/aromatic N) is 4. The second-order valence-corrected chi connectivity index (χ2v) is 8.34. The summed E-state index contributed by atoms with van der Waals surface area (Å²) >= 11 is 0. The minimum Gasteiger partial charge on any atom is -0.313 e. The van der Waals surface area contributed by atoms with E-state index in [-0.39, 0.29) is 17.0 Å². The third-order valence-corrected chi connectivity index (χ3v) is 5.99. The molecule has 2 aliphatic rings. The standard InChI is InChI=1S/C21H30FN5O/c1-3-4-18(26-9-7-14(2)23-8-10-26)20-25-19-17(11-16(22)12-24-19)21(28)27(20)13-15-5-6-15/h11-12,14-15,18,23H,3-10,13H2,1-2H3/t14-,18-/m1/s1. The Kier molecular flexibility index (Phi) is 5.73. The number of fused-ring (bicyclic) bond motifs is 1. The first kappa shape index (κ1) is 19.5. The van der Waals surface area contributed by atoms with Crippen LogP contribution in [-0.2, 0) is 6.54 Å². The quantitative estimate of drug-likeness (QED) is 0.826. The van der Waals surface area contributed by atoms with E-state index in [0.717, 1.165) is 63.8 Å². The van der Waals surface area contributed by atoms with E-state index in [0.29, 0.717) is 24.2 Å². The molecule has 0 unspecified atom stereocenters. The van der Waals surface area contributed by atoms with Gasteiger partial charge in [0.2, 0.25) is 0 Å². The molecule has 2 aromatic heterocycles. The summed E-state index contributed by atoms with van der Waals surface area (Å²) in [5.74, 6) is 0.847. The largest absolute Gasteiger partial charge is 0.313 e. The topological polar surface area (TPSA) is 63.1 Å². The van der Waals surface area contributed by atoms with Crippen molar-refractivity contribution in [3.05, 3.63) is 34.3 Å². The molecule has 152 valence electrons. The minimum atomic E-state index is -0.491. The molecule has 4 rings (SSSR count). The average Bonchev–Trinajstić information content (AvgIpc) is 3.51. The highest BCUT2D eigenvalue weighted by Crippen LogP contribution is 2.32. The number of pyridine rings is 1. The zero-order valence-corrected chi connectivity index (χ0v) is 16.8. The molecule has 2 fully saturated rings. The first-order chi connectivity index (χ1) is 13.6. The Labute approximate surface area is 165 Å². The third-order valence-electron chi connectivity index (χ3n) is 5.99. The van der Waals surface area contributed by atoms with Crippen LogP contribution in [0.15, 0.2) is 17.1 Å². The number of hydrogen-bond acceptors (Lipinski definition) is 5. The van der Waals surface area contributed by atoms with Gasteiger partial charge in [-0.2, -0.15) is 0 Å². The number of nitrogens with one attached hydrogen (secondary N) is 1. The van der Waals surface area contributed by atoms with Crippen LogP contribution in [0.5, 0.6) is 0 Å². The van der Waals surface area contributed by atoms with Gasteiger partial charge in [-0.25, -0.2) is 14.4 Å². The summed E-state index contributed by atoms with van der Waals surface area (Å²) in [5.41, 5.74) is 0.206. The van der Waals surface area contributed by atoms with Gasteiger partial charge >= 0.3 is 0 Å². The Bertz CT molecular complexity index is 894. The fourth-order valence-electron chi connectivity index (χ4n) is 4.17. The summed E-state index contributed by atoms with van der Waals surface area (Å²) in [5, 5.41) is 3.83. The Hall–Kier alpha value is -1.86. The molecule has 0 spiro atoms. The van der Waals surface area contributed by atoms with E-state index in [2.05, 4.69) is 29.0 Å². The molecule has 0 aromatic carbocycles. The maximum absolute atomic E-state index is 13.7. The molecule has 0 radical (unpaired) electrons. The summed E-state index contributed by atoms with van der Waals surface area (Å²) in [6, 6.07) is 1.85. The van der Waals surface area contributed by atoms with Crippen LogP contribution < -0.4 is 10.9 Å². The van der Waals surface area contributed by atoms with Crippen molar-refractivity contribution in [2.24, 2.45) is 5.92 Å². The van der Waals surface area contributed by atoms with E-state index in [1.54, 1.807) is 0 Å². The van der Waals surface area contributed by atoms with Crippen molar-refractivity contribution in [3.63, 3.8) is 0 Å². The van der Waals surface area contributed by atoms with Crippen molar-refractivity contribution >= 4 is 11.0 Å². The molecule has 1 saturated heterocycles. The Morgan fingerprint density at radius 2 is 2.14 bits per heavy atom. The van der Waals surface area contributed by atoms with Gasteiger partial charge in [-0.1, -0.05) is 13.3 Å². The molecule has 2 aromatic rings. The van der Waals surface area contributed by atoms with Crippen LogP contribution in [0.3, 0.4) is 0 Å². The van der Waals surface area contributed by atoms with Crippen molar-refractivity contribution in [2.45, 2.75) is 64.6 Å². The monoisotopic (exact) mass is 387 g/mol. The van der Waals surface area contributed by atoms with Crippen LogP contribution in [0.25, 0.3) is 11.0 Å². The van der Waals surface area contributed by atoms with Gasteiger partial charge in [0.25, 0.3) is 5.56 Å². The molecular weight excluding hydrogens is 357 g/mol. The van der Waals surface area contributed by atoms with Crippen molar-refractivity contribution in [3.8, 4) is 0 Å².